The number of nitrogens with zero attached hydrogens (tertiary/aromatic N) is 3. The quantitative estimate of drug-likeness (QED) is 0.766. The van der Waals surface area contributed by atoms with Gasteiger partial charge >= 0.3 is 0 Å². The summed E-state index contributed by atoms with van der Waals surface area (Å²) in [6.45, 7) is 8.01. The van der Waals surface area contributed by atoms with Gasteiger partial charge in [0.05, 0.1) is 6.54 Å². The number of rotatable bonds is 5. The molecule has 5 nitrogen and oxygen atoms in total. The third kappa shape index (κ3) is 5.07. The van der Waals surface area contributed by atoms with Crippen LogP contribution in [0.1, 0.15) is 29.8 Å². The van der Waals surface area contributed by atoms with Crippen LogP contribution in [0, 0.1) is 18.3 Å². The van der Waals surface area contributed by atoms with E-state index in [-0.39, 0.29) is 17.7 Å². The fourth-order valence-electron chi connectivity index (χ4n) is 2.97. The summed E-state index contributed by atoms with van der Waals surface area (Å²) < 4.78 is 0. The van der Waals surface area contributed by atoms with E-state index in [0.717, 1.165) is 18.7 Å². The highest BCUT2D eigenvalue weighted by atomic mass is 16.2. The molecule has 1 heterocycles. The average molecular weight is 341 g/mol. The van der Waals surface area contributed by atoms with Gasteiger partial charge in [0.15, 0.2) is 0 Å². The average Bonchev–Trinajstić information content (AvgIpc) is 2.62. The second kappa shape index (κ2) is 8.68. The molecule has 0 unspecified atom stereocenters. The Bertz CT molecular complexity index is 638. The molecule has 0 radical (unpaired) electrons. The largest absolute Gasteiger partial charge is 0.341 e. The fraction of sp³-hybridized carbons (Fsp3) is 0.500. The summed E-state index contributed by atoms with van der Waals surface area (Å²) in [5.41, 5.74) is 1.71. The molecule has 134 valence electrons. The van der Waals surface area contributed by atoms with Crippen molar-refractivity contribution in [3.8, 4) is 12.3 Å². The lowest BCUT2D eigenvalue weighted by Gasteiger charge is -2.33. The van der Waals surface area contributed by atoms with E-state index < -0.39 is 0 Å². The summed E-state index contributed by atoms with van der Waals surface area (Å²) in [6.07, 6.45) is 5.33. The fourth-order valence-corrected chi connectivity index (χ4v) is 2.97. The molecule has 1 fully saturated rings. The van der Waals surface area contributed by atoms with Gasteiger partial charge in [0, 0.05) is 51.3 Å². The predicted molar refractivity (Wildman–Crippen MR) is 98.9 cm³/mol. The first-order valence-corrected chi connectivity index (χ1v) is 8.71. The van der Waals surface area contributed by atoms with Crippen LogP contribution < -0.4 is 0 Å². The molecule has 2 amide bonds. The molecular formula is C20H27N3O2. The SMILES string of the molecule is C#CCN1CCN(C(=O)c2ccc(CN(C)C(=O)C(C)C)cc2)CC1. The first-order valence-electron chi connectivity index (χ1n) is 8.71. The molecule has 1 aliphatic heterocycles. The van der Waals surface area contributed by atoms with Gasteiger partial charge in [-0.3, -0.25) is 14.5 Å². The van der Waals surface area contributed by atoms with Gasteiger partial charge in [-0.2, -0.15) is 0 Å². The van der Waals surface area contributed by atoms with E-state index in [9.17, 15) is 9.59 Å². The zero-order valence-electron chi connectivity index (χ0n) is 15.4. The van der Waals surface area contributed by atoms with Crippen LogP contribution in [0.2, 0.25) is 0 Å². The van der Waals surface area contributed by atoms with Gasteiger partial charge in [-0.25, -0.2) is 0 Å². The maximum atomic E-state index is 12.6. The van der Waals surface area contributed by atoms with Crippen LogP contribution in [0.15, 0.2) is 24.3 Å². The number of hydrogen-bond donors (Lipinski definition) is 0. The highest BCUT2D eigenvalue weighted by Gasteiger charge is 2.21. The molecule has 5 heteroatoms. The minimum absolute atomic E-state index is 0.0148. The number of carbonyl (C=O) groups excluding carboxylic acids is 2. The van der Waals surface area contributed by atoms with E-state index >= 15 is 0 Å². The molecule has 0 atom stereocenters. The molecule has 1 saturated heterocycles. The van der Waals surface area contributed by atoms with Crippen molar-refractivity contribution in [2.45, 2.75) is 20.4 Å². The summed E-state index contributed by atoms with van der Waals surface area (Å²) in [6, 6.07) is 7.54. The Morgan fingerprint density at radius 2 is 1.76 bits per heavy atom. The summed E-state index contributed by atoms with van der Waals surface area (Å²) in [7, 11) is 1.80. The minimum atomic E-state index is -0.0148. The molecule has 0 aromatic heterocycles. The van der Waals surface area contributed by atoms with Crippen molar-refractivity contribution < 1.29 is 9.59 Å². The molecule has 1 aromatic carbocycles. The predicted octanol–water partition coefficient (Wildman–Crippen LogP) is 1.69. The molecule has 1 aromatic rings. The topological polar surface area (TPSA) is 43.9 Å². The van der Waals surface area contributed by atoms with Crippen LogP contribution in [0.4, 0.5) is 0 Å². The van der Waals surface area contributed by atoms with Crippen LogP contribution in [-0.2, 0) is 11.3 Å². The number of terminal acetylenes is 1. The summed E-state index contributed by atoms with van der Waals surface area (Å²) in [5, 5.41) is 0. The van der Waals surface area contributed by atoms with E-state index in [0.29, 0.717) is 31.7 Å². The number of hydrogen-bond acceptors (Lipinski definition) is 3. The summed E-state index contributed by atoms with van der Waals surface area (Å²) in [4.78, 5) is 30.3. The number of amides is 2. The maximum absolute atomic E-state index is 12.6. The number of benzene rings is 1. The van der Waals surface area contributed by atoms with Crippen molar-refractivity contribution in [3.63, 3.8) is 0 Å². The Morgan fingerprint density at radius 3 is 2.28 bits per heavy atom. The van der Waals surface area contributed by atoms with Gasteiger partial charge in [0.2, 0.25) is 5.91 Å². The Kier molecular flexibility index (Phi) is 6.60. The Morgan fingerprint density at radius 1 is 1.16 bits per heavy atom. The molecule has 0 N–H and O–H groups in total. The molecule has 1 aliphatic rings. The van der Waals surface area contributed by atoms with E-state index in [1.54, 1.807) is 11.9 Å². The Hall–Kier alpha value is -2.32. The molecule has 0 bridgehead atoms. The van der Waals surface area contributed by atoms with Crippen LogP contribution in [0.3, 0.4) is 0 Å². The zero-order chi connectivity index (χ0) is 18.4. The summed E-state index contributed by atoms with van der Waals surface area (Å²) >= 11 is 0. The molecule has 0 saturated carbocycles. The second-order valence-corrected chi connectivity index (χ2v) is 6.82. The normalized spacial score (nSPS) is 15.1. The van der Waals surface area contributed by atoms with Gasteiger partial charge in [0.25, 0.3) is 5.91 Å². The van der Waals surface area contributed by atoms with Crippen LogP contribution in [-0.4, -0.2) is 66.3 Å². The lowest BCUT2D eigenvalue weighted by Crippen LogP contribution is -2.48. The lowest BCUT2D eigenvalue weighted by atomic mass is 10.1. The zero-order valence-corrected chi connectivity index (χ0v) is 15.4. The van der Waals surface area contributed by atoms with Crippen molar-refractivity contribution >= 4 is 11.8 Å². The molecule has 2 rings (SSSR count). The van der Waals surface area contributed by atoms with Gasteiger partial charge in [0.1, 0.15) is 0 Å². The second-order valence-electron chi connectivity index (χ2n) is 6.82. The maximum Gasteiger partial charge on any atom is 0.253 e. The van der Waals surface area contributed by atoms with Gasteiger partial charge in [-0.15, -0.1) is 6.42 Å². The highest BCUT2D eigenvalue weighted by molar-refractivity contribution is 5.94. The van der Waals surface area contributed by atoms with Gasteiger partial charge in [-0.05, 0) is 17.7 Å². The smallest absolute Gasteiger partial charge is 0.253 e. The molecule has 0 aliphatic carbocycles. The van der Waals surface area contributed by atoms with Crippen molar-refractivity contribution in [2.75, 3.05) is 39.8 Å². The minimum Gasteiger partial charge on any atom is -0.341 e. The highest BCUT2D eigenvalue weighted by Crippen LogP contribution is 2.12. The summed E-state index contributed by atoms with van der Waals surface area (Å²) in [5.74, 6) is 2.80. The Balaban J connectivity index is 1.92. The molecule has 25 heavy (non-hydrogen) atoms. The van der Waals surface area contributed by atoms with E-state index in [1.165, 1.54) is 0 Å². The monoisotopic (exact) mass is 341 g/mol. The van der Waals surface area contributed by atoms with Crippen molar-refractivity contribution in [3.05, 3.63) is 35.4 Å². The van der Waals surface area contributed by atoms with Gasteiger partial charge in [-0.1, -0.05) is 31.9 Å². The van der Waals surface area contributed by atoms with E-state index in [4.69, 9.17) is 6.42 Å². The van der Waals surface area contributed by atoms with Crippen molar-refractivity contribution in [1.82, 2.24) is 14.7 Å². The van der Waals surface area contributed by atoms with Crippen LogP contribution in [0.25, 0.3) is 0 Å². The Labute approximate surface area is 150 Å². The van der Waals surface area contributed by atoms with Gasteiger partial charge < -0.3 is 9.80 Å². The van der Waals surface area contributed by atoms with Crippen LogP contribution >= 0.6 is 0 Å². The molecule has 0 spiro atoms. The molecular weight excluding hydrogens is 314 g/mol. The third-order valence-electron chi connectivity index (χ3n) is 4.47. The van der Waals surface area contributed by atoms with E-state index in [2.05, 4.69) is 10.8 Å². The first kappa shape index (κ1) is 19.0. The lowest BCUT2D eigenvalue weighted by molar-refractivity contribution is -0.133. The number of piperazine rings is 1. The van der Waals surface area contributed by atoms with E-state index in [1.807, 2.05) is 43.0 Å². The number of carbonyl (C=O) groups is 2. The first-order chi connectivity index (χ1) is 11.9. The van der Waals surface area contributed by atoms with Crippen LogP contribution in [0.5, 0.6) is 0 Å². The third-order valence-corrected chi connectivity index (χ3v) is 4.47. The van der Waals surface area contributed by atoms with Crippen molar-refractivity contribution in [2.24, 2.45) is 5.92 Å². The van der Waals surface area contributed by atoms with Crippen molar-refractivity contribution in [1.29, 1.82) is 0 Å². The standard InChI is InChI=1S/C20H27N3O2/c1-5-10-22-11-13-23(14-12-22)20(25)18-8-6-17(7-9-18)15-21(4)19(24)16(2)3/h1,6-9,16H,10-15H2,2-4H3.